The van der Waals surface area contributed by atoms with Gasteiger partial charge in [-0.15, -0.1) is 0 Å². The molecular formula is C16H19ClN2O2. The molecule has 2 fully saturated rings. The molecule has 5 heteroatoms. The highest BCUT2D eigenvalue weighted by atomic mass is 35.5. The van der Waals surface area contributed by atoms with Crippen molar-refractivity contribution in [2.24, 2.45) is 22.9 Å². The summed E-state index contributed by atoms with van der Waals surface area (Å²) in [4.78, 5) is 12.1. The predicted molar refractivity (Wildman–Crippen MR) is 82.6 cm³/mol. The van der Waals surface area contributed by atoms with Crippen LogP contribution < -0.4 is 5.43 Å². The summed E-state index contributed by atoms with van der Waals surface area (Å²) in [6.07, 6.45) is 5.13. The van der Waals surface area contributed by atoms with Crippen LogP contribution in [0.25, 0.3) is 0 Å². The maximum Gasteiger partial charge on any atom is 0.275 e. The first-order valence-electron chi connectivity index (χ1n) is 7.37. The second-order valence-corrected chi connectivity index (χ2v) is 6.57. The van der Waals surface area contributed by atoms with E-state index >= 15 is 0 Å². The first-order chi connectivity index (χ1) is 10.0. The van der Waals surface area contributed by atoms with Crippen molar-refractivity contribution in [1.29, 1.82) is 0 Å². The Hall–Kier alpha value is -1.55. The van der Waals surface area contributed by atoms with Crippen LogP contribution in [0.5, 0.6) is 5.75 Å². The Kier molecular flexibility index (Phi) is 3.89. The van der Waals surface area contributed by atoms with Gasteiger partial charge < -0.3 is 5.11 Å². The van der Waals surface area contributed by atoms with Crippen LogP contribution >= 0.6 is 11.6 Å². The SMILES string of the molecule is C/C(=N/NC(=O)c1cc(Cl)ccc1O)[C@H]1C[C@H]2CC[C@H]1C2. The van der Waals surface area contributed by atoms with Crippen LogP contribution in [-0.2, 0) is 0 Å². The minimum atomic E-state index is -0.433. The highest BCUT2D eigenvalue weighted by Gasteiger charge is 2.40. The summed E-state index contributed by atoms with van der Waals surface area (Å²) in [6.45, 7) is 1.98. The van der Waals surface area contributed by atoms with Crippen molar-refractivity contribution in [2.45, 2.75) is 32.6 Å². The number of benzene rings is 1. The molecule has 112 valence electrons. The number of fused-ring (bicyclic) bond motifs is 2. The van der Waals surface area contributed by atoms with E-state index in [-0.39, 0.29) is 11.3 Å². The number of phenols is 1. The third-order valence-electron chi connectivity index (χ3n) is 4.81. The maximum atomic E-state index is 12.1. The molecule has 0 radical (unpaired) electrons. The Balaban J connectivity index is 1.67. The van der Waals surface area contributed by atoms with E-state index in [9.17, 15) is 9.90 Å². The van der Waals surface area contributed by atoms with E-state index in [1.165, 1.54) is 43.9 Å². The fourth-order valence-corrected chi connectivity index (χ4v) is 3.90. The fourth-order valence-electron chi connectivity index (χ4n) is 3.73. The van der Waals surface area contributed by atoms with Gasteiger partial charge in [0.25, 0.3) is 5.91 Å². The van der Waals surface area contributed by atoms with Crippen molar-refractivity contribution in [3.8, 4) is 5.75 Å². The number of amides is 1. The number of hydrogen-bond donors (Lipinski definition) is 2. The van der Waals surface area contributed by atoms with Crippen LogP contribution in [0.4, 0.5) is 0 Å². The van der Waals surface area contributed by atoms with Gasteiger partial charge >= 0.3 is 0 Å². The third kappa shape index (κ3) is 2.91. The van der Waals surface area contributed by atoms with Crippen molar-refractivity contribution < 1.29 is 9.90 Å². The first kappa shape index (κ1) is 14.4. The summed E-state index contributed by atoms with van der Waals surface area (Å²) in [5.41, 5.74) is 3.66. The molecule has 1 aromatic carbocycles. The summed E-state index contributed by atoms with van der Waals surface area (Å²) in [6, 6.07) is 4.38. The highest BCUT2D eigenvalue weighted by Crippen LogP contribution is 2.48. The molecule has 3 rings (SSSR count). The average Bonchev–Trinajstić information content (AvgIpc) is 3.09. The zero-order chi connectivity index (χ0) is 15.0. The summed E-state index contributed by atoms with van der Waals surface area (Å²) in [5, 5.41) is 14.3. The number of nitrogens with zero attached hydrogens (tertiary/aromatic N) is 1. The molecule has 2 aliphatic rings. The van der Waals surface area contributed by atoms with Gasteiger partial charge in [-0.3, -0.25) is 4.79 Å². The highest BCUT2D eigenvalue weighted by molar-refractivity contribution is 6.31. The molecule has 0 aromatic heterocycles. The van der Waals surface area contributed by atoms with Gasteiger partial charge in [0, 0.05) is 16.7 Å². The predicted octanol–water partition coefficient (Wildman–Crippen LogP) is 3.59. The number of halogens is 1. The standard InChI is InChI=1S/C16H19ClN2O2/c1-9(13-7-10-2-3-11(13)6-10)18-19-16(21)14-8-12(17)4-5-15(14)20/h4-5,8,10-11,13,20H,2-3,6-7H2,1H3,(H,19,21)/b18-9-/t10-,11-,13+/m0/s1. The molecule has 1 aromatic rings. The van der Waals surface area contributed by atoms with Gasteiger partial charge in [-0.1, -0.05) is 18.0 Å². The Morgan fingerprint density at radius 2 is 2.19 bits per heavy atom. The van der Waals surface area contributed by atoms with Gasteiger partial charge in [0.05, 0.1) is 5.56 Å². The molecule has 2 aliphatic carbocycles. The number of rotatable bonds is 3. The summed E-state index contributed by atoms with van der Waals surface area (Å²) < 4.78 is 0. The molecule has 0 saturated heterocycles. The molecule has 3 atom stereocenters. The summed E-state index contributed by atoms with van der Waals surface area (Å²) in [7, 11) is 0. The molecule has 0 heterocycles. The van der Waals surface area contributed by atoms with Crippen molar-refractivity contribution >= 4 is 23.2 Å². The van der Waals surface area contributed by atoms with E-state index in [1.54, 1.807) is 0 Å². The largest absolute Gasteiger partial charge is 0.507 e. The number of phenolic OH excluding ortho intramolecular Hbond substituents is 1. The summed E-state index contributed by atoms with van der Waals surface area (Å²) in [5.74, 6) is 1.55. The topological polar surface area (TPSA) is 61.7 Å². The quantitative estimate of drug-likeness (QED) is 0.662. The van der Waals surface area contributed by atoms with Crippen molar-refractivity contribution in [3.05, 3.63) is 28.8 Å². The van der Waals surface area contributed by atoms with Crippen LogP contribution in [0.3, 0.4) is 0 Å². The van der Waals surface area contributed by atoms with Crippen LogP contribution in [-0.4, -0.2) is 16.7 Å². The van der Waals surface area contributed by atoms with E-state index in [1.807, 2.05) is 6.92 Å². The molecule has 0 spiro atoms. The normalized spacial score (nSPS) is 27.9. The Morgan fingerprint density at radius 1 is 1.38 bits per heavy atom. The molecule has 2 N–H and O–H groups in total. The van der Waals surface area contributed by atoms with Gasteiger partial charge in [-0.25, -0.2) is 5.43 Å². The number of carbonyl (C=O) groups is 1. The number of aromatic hydroxyl groups is 1. The number of nitrogens with one attached hydrogen (secondary N) is 1. The van der Waals surface area contributed by atoms with E-state index in [0.29, 0.717) is 10.9 Å². The first-order valence-corrected chi connectivity index (χ1v) is 7.75. The molecule has 0 unspecified atom stereocenters. The van der Waals surface area contributed by atoms with Crippen LogP contribution in [0.2, 0.25) is 5.02 Å². The maximum absolute atomic E-state index is 12.1. The molecule has 2 bridgehead atoms. The van der Waals surface area contributed by atoms with Gasteiger partial charge in [-0.05, 0) is 56.2 Å². The second kappa shape index (κ2) is 5.68. The lowest BCUT2D eigenvalue weighted by Crippen LogP contribution is -2.24. The average molecular weight is 307 g/mol. The number of hydrogen-bond acceptors (Lipinski definition) is 3. The molecular weight excluding hydrogens is 288 g/mol. The van der Waals surface area contributed by atoms with E-state index in [4.69, 9.17) is 11.6 Å². The minimum absolute atomic E-state index is 0.0929. The van der Waals surface area contributed by atoms with Crippen molar-refractivity contribution in [1.82, 2.24) is 5.43 Å². The third-order valence-corrected chi connectivity index (χ3v) is 5.05. The zero-order valence-electron chi connectivity index (χ0n) is 12.0. The lowest BCUT2D eigenvalue weighted by Gasteiger charge is -2.21. The second-order valence-electron chi connectivity index (χ2n) is 6.14. The van der Waals surface area contributed by atoms with Crippen LogP contribution in [0.1, 0.15) is 43.0 Å². The molecule has 21 heavy (non-hydrogen) atoms. The smallest absolute Gasteiger partial charge is 0.275 e. The fraction of sp³-hybridized carbons (Fsp3) is 0.500. The Labute approximate surface area is 129 Å². The molecule has 1 amide bonds. The zero-order valence-corrected chi connectivity index (χ0v) is 12.7. The van der Waals surface area contributed by atoms with E-state index in [0.717, 1.165) is 17.5 Å². The molecule has 4 nitrogen and oxygen atoms in total. The van der Waals surface area contributed by atoms with Gasteiger partial charge in [0.1, 0.15) is 5.75 Å². The van der Waals surface area contributed by atoms with Crippen molar-refractivity contribution in [3.63, 3.8) is 0 Å². The minimum Gasteiger partial charge on any atom is -0.507 e. The monoisotopic (exact) mass is 306 g/mol. The lowest BCUT2D eigenvalue weighted by molar-refractivity contribution is 0.0951. The summed E-state index contributed by atoms with van der Waals surface area (Å²) >= 11 is 5.84. The van der Waals surface area contributed by atoms with E-state index in [2.05, 4.69) is 10.5 Å². The number of carbonyl (C=O) groups excluding carboxylic acids is 1. The van der Waals surface area contributed by atoms with Crippen LogP contribution in [0.15, 0.2) is 23.3 Å². The lowest BCUT2D eigenvalue weighted by atomic mass is 9.86. The van der Waals surface area contributed by atoms with Gasteiger partial charge in [0.15, 0.2) is 0 Å². The molecule has 2 saturated carbocycles. The van der Waals surface area contributed by atoms with E-state index < -0.39 is 5.91 Å². The van der Waals surface area contributed by atoms with Gasteiger partial charge in [-0.2, -0.15) is 5.10 Å². The Bertz CT molecular complexity index is 600. The number of hydrazone groups is 1. The molecule has 0 aliphatic heterocycles. The van der Waals surface area contributed by atoms with Crippen LogP contribution in [0, 0.1) is 17.8 Å². The Morgan fingerprint density at radius 3 is 2.86 bits per heavy atom. The van der Waals surface area contributed by atoms with Crippen molar-refractivity contribution in [2.75, 3.05) is 0 Å². The van der Waals surface area contributed by atoms with Gasteiger partial charge in [0.2, 0.25) is 0 Å².